The molecule has 3 aromatic rings. The van der Waals surface area contributed by atoms with Crippen molar-refractivity contribution >= 4 is 28.4 Å². The molecule has 0 atom stereocenters. The zero-order valence-corrected chi connectivity index (χ0v) is 17.4. The summed E-state index contributed by atoms with van der Waals surface area (Å²) >= 11 is 0. The van der Waals surface area contributed by atoms with Gasteiger partial charge in [-0.3, -0.25) is 14.3 Å². The zero-order chi connectivity index (χ0) is 22.2. The zero-order valence-electron chi connectivity index (χ0n) is 17.4. The SMILES string of the molecule is O=C1COc2ccc(C(=O)N3CCC(c4nn(CCO)c5cc(F)ccc45)CC3)cc2N1. The Kier molecular flexibility index (Phi) is 5.26. The van der Waals surface area contributed by atoms with Gasteiger partial charge in [-0.2, -0.15) is 5.10 Å². The quantitative estimate of drug-likeness (QED) is 0.653. The van der Waals surface area contributed by atoms with Crippen molar-refractivity contribution < 1.29 is 23.8 Å². The lowest BCUT2D eigenvalue weighted by Gasteiger charge is -2.31. The first-order valence-corrected chi connectivity index (χ1v) is 10.7. The number of anilines is 1. The fraction of sp³-hybridized carbons (Fsp3) is 0.348. The molecule has 0 spiro atoms. The van der Waals surface area contributed by atoms with Gasteiger partial charge in [0.15, 0.2) is 6.61 Å². The first kappa shape index (κ1) is 20.4. The molecule has 8 nitrogen and oxygen atoms in total. The summed E-state index contributed by atoms with van der Waals surface area (Å²) in [5, 5.41) is 17.6. The van der Waals surface area contributed by atoms with Gasteiger partial charge in [-0.15, -0.1) is 0 Å². The van der Waals surface area contributed by atoms with Crippen LogP contribution in [-0.2, 0) is 11.3 Å². The predicted molar refractivity (Wildman–Crippen MR) is 115 cm³/mol. The smallest absolute Gasteiger partial charge is 0.262 e. The molecule has 2 amide bonds. The highest BCUT2D eigenvalue weighted by Crippen LogP contribution is 2.34. The van der Waals surface area contributed by atoms with Crippen molar-refractivity contribution in [2.24, 2.45) is 0 Å². The number of ether oxygens (including phenoxy) is 1. The maximum atomic E-state index is 13.8. The van der Waals surface area contributed by atoms with E-state index in [-0.39, 0.29) is 36.8 Å². The molecule has 0 bridgehead atoms. The van der Waals surface area contributed by atoms with Gasteiger partial charge in [-0.25, -0.2) is 4.39 Å². The molecule has 9 heteroatoms. The minimum atomic E-state index is -0.338. The molecule has 1 saturated heterocycles. The number of hydrogen-bond acceptors (Lipinski definition) is 5. The van der Waals surface area contributed by atoms with Crippen molar-refractivity contribution in [3.05, 3.63) is 53.5 Å². The van der Waals surface area contributed by atoms with Crippen molar-refractivity contribution in [3.63, 3.8) is 0 Å². The van der Waals surface area contributed by atoms with Crippen molar-refractivity contribution in [3.8, 4) is 5.75 Å². The normalized spacial score (nSPS) is 16.6. The summed E-state index contributed by atoms with van der Waals surface area (Å²) in [6, 6.07) is 9.67. The molecule has 2 aromatic carbocycles. The summed E-state index contributed by atoms with van der Waals surface area (Å²) < 4.78 is 20.8. The molecule has 5 rings (SSSR count). The summed E-state index contributed by atoms with van der Waals surface area (Å²) in [5.74, 6) is 0.0273. The van der Waals surface area contributed by atoms with Crippen LogP contribution in [0.4, 0.5) is 10.1 Å². The molecule has 0 aliphatic carbocycles. The molecule has 2 aliphatic rings. The van der Waals surface area contributed by atoms with Gasteiger partial charge in [0.05, 0.1) is 30.0 Å². The number of nitrogens with zero attached hydrogens (tertiary/aromatic N) is 3. The maximum absolute atomic E-state index is 13.8. The largest absolute Gasteiger partial charge is 0.482 e. The van der Waals surface area contributed by atoms with E-state index in [1.807, 2.05) is 0 Å². The highest BCUT2D eigenvalue weighted by molar-refractivity contribution is 6.00. The summed E-state index contributed by atoms with van der Waals surface area (Å²) in [6.45, 7) is 1.34. The average Bonchev–Trinajstić information content (AvgIpc) is 3.16. The third-order valence-corrected chi connectivity index (χ3v) is 6.08. The number of carbonyl (C=O) groups excluding carboxylic acids is 2. The van der Waals surface area contributed by atoms with Crippen LogP contribution in [0, 0.1) is 5.82 Å². The highest BCUT2D eigenvalue weighted by atomic mass is 19.1. The molecule has 0 saturated carbocycles. The van der Waals surface area contributed by atoms with E-state index in [2.05, 4.69) is 10.4 Å². The number of likely N-dealkylation sites (tertiary alicyclic amines) is 1. The molecule has 2 N–H and O–H groups in total. The number of hydrogen-bond donors (Lipinski definition) is 2. The van der Waals surface area contributed by atoms with Gasteiger partial charge in [0.1, 0.15) is 11.6 Å². The van der Waals surface area contributed by atoms with Crippen LogP contribution in [0.15, 0.2) is 36.4 Å². The number of piperidine rings is 1. The minimum Gasteiger partial charge on any atom is -0.482 e. The molecule has 2 aliphatic heterocycles. The minimum absolute atomic E-state index is 0.0246. The average molecular weight is 438 g/mol. The van der Waals surface area contributed by atoms with E-state index >= 15 is 0 Å². The number of nitrogens with one attached hydrogen (secondary N) is 1. The third kappa shape index (κ3) is 3.69. The molecule has 32 heavy (non-hydrogen) atoms. The number of halogens is 1. The number of aromatic nitrogens is 2. The van der Waals surface area contributed by atoms with Crippen molar-refractivity contribution in [2.75, 3.05) is 31.6 Å². The van der Waals surface area contributed by atoms with Crippen LogP contribution in [0.2, 0.25) is 0 Å². The molecule has 1 fully saturated rings. The molecule has 0 radical (unpaired) electrons. The fourth-order valence-electron chi connectivity index (χ4n) is 4.49. The topological polar surface area (TPSA) is 96.7 Å². The predicted octanol–water partition coefficient (Wildman–Crippen LogP) is 2.52. The van der Waals surface area contributed by atoms with Gasteiger partial charge >= 0.3 is 0 Å². The monoisotopic (exact) mass is 438 g/mol. The van der Waals surface area contributed by atoms with Crippen LogP contribution >= 0.6 is 0 Å². The first-order chi connectivity index (χ1) is 15.5. The van der Waals surface area contributed by atoms with E-state index in [0.29, 0.717) is 42.2 Å². The summed E-state index contributed by atoms with van der Waals surface area (Å²) in [4.78, 5) is 26.4. The van der Waals surface area contributed by atoms with E-state index < -0.39 is 0 Å². The van der Waals surface area contributed by atoms with Gasteiger partial charge in [0.25, 0.3) is 11.8 Å². The molecular formula is C23H23FN4O4. The Hall–Kier alpha value is -3.46. The second kappa shape index (κ2) is 8.23. The maximum Gasteiger partial charge on any atom is 0.262 e. The van der Waals surface area contributed by atoms with Gasteiger partial charge in [-0.1, -0.05) is 0 Å². The number of aliphatic hydroxyl groups excluding tert-OH is 1. The number of aliphatic hydroxyl groups is 1. The van der Waals surface area contributed by atoms with Crippen LogP contribution in [-0.4, -0.2) is 57.9 Å². The number of benzene rings is 2. The van der Waals surface area contributed by atoms with Crippen LogP contribution < -0.4 is 10.1 Å². The lowest BCUT2D eigenvalue weighted by molar-refractivity contribution is -0.118. The fourth-order valence-corrected chi connectivity index (χ4v) is 4.49. The standard InChI is InChI=1S/C23H23FN4O4/c24-16-2-3-17-19(12-16)28(9-10-29)26-22(17)14-5-7-27(8-6-14)23(31)15-1-4-20-18(11-15)25-21(30)13-32-20/h1-4,11-12,14,29H,5-10,13H2,(H,25,30). The number of fused-ring (bicyclic) bond motifs is 2. The van der Waals surface area contributed by atoms with Crippen LogP contribution in [0.25, 0.3) is 10.9 Å². The molecule has 166 valence electrons. The number of rotatable bonds is 4. The molecule has 1 aromatic heterocycles. The molecule has 3 heterocycles. The van der Waals surface area contributed by atoms with Gasteiger partial charge in [0, 0.05) is 30.0 Å². The van der Waals surface area contributed by atoms with Gasteiger partial charge in [-0.05, 0) is 49.2 Å². The van der Waals surface area contributed by atoms with Crippen molar-refractivity contribution in [1.82, 2.24) is 14.7 Å². The summed E-state index contributed by atoms with van der Waals surface area (Å²) in [6.07, 6.45) is 1.47. The number of carbonyl (C=O) groups is 2. The van der Waals surface area contributed by atoms with E-state index in [9.17, 15) is 19.1 Å². The lowest BCUT2D eigenvalue weighted by atomic mass is 9.91. The lowest BCUT2D eigenvalue weighted by Crippen LogP contribution is -2.38. The highest BCUT2D eigenvalue weighted by Gasteiger charge is 2.28. The Labute approximate surface area is 183 Å². The van der Waals surface area contributed by atoms with E-state index in [1.165, 1.54) is 12.1 Å². The first-order valence-electron chi connectivity index (χ1n) is 10.7. The Morgan fingerprint density at radius 1 is 1.22 bits per heavy atom. The van der Waals surface area contributed by atoms with E-state index in [4.69, 9.17) is 4.74 Å². The Bertz CT molecular complexity index is 1200. The molecular weight excluding hydrogens is 415 g/mol. The number of amides is 2. The van der Waals surface area contributed by atoms with E-state index in [1.54, 1.807) is 33.8 Å². The van der Waals surface area contributed by atoms with Crippen molar-refractivity contribution in [1.29, 1.82) is 0 Å². The van der Waals surface area contributed by atoms with Gasteiger partial charge in [0.2, 0.25) is 0 Å². The van der Waals surface area contributed by atoms with Crippen LogP contribution in [0.5, 0.6) is 5.75 Å². The Morgan fingerprint density at radius 3 is 2.81 bits per heavy atom. The van der Waals surface area contributed by atoms with E-state index in [0.717, 1.165) is 23.9 Å². The Balaban J connectivity index is 1.32. The third-order valence-electron chi connectivity index (χ3n) is 6.08. The second-order valence-corrected chi connectivity index (χ2v) is 8.11. The van der Waals surface area contributed by atoms with Crippen molar-refractivity contribution in [2.45, 2.75) is 25.3 Å². The molecule has 0 unspecified atom stereocenters. The van der Waals surface area contributed by atoms with Gasteiger partial charge < -0.3 is 20.1 Å². The summed E-state index contributed by atoms with van der Waals surface area (Å²) in [5.41, 5.74) is 2.57. The van der Waals surface area contributed by atoms with Crippen LogP contribution in [0.1, 0.15) is 34.8 Å². The Morgan fingerprint density at radius 2 is 2.03 bits per heavy atom. The van der Waals surface area contributed by atoms with Crippen LogP contribution in [0.3, 0.4) is 0 Å². The second-order valence-electron chi connectivity index (χ2n) is 8.11. The summed E-state index contributed by atoms with van der Waals surface area (Å²) in [7, 11) is 0.